The number of hydrogen-bond donors (Lipinski definition) is 1. The van der Waals surface area contributed by atoms with Crippen molar-refractivity contribution in [2.24, 2.45) is 0 Å². The maximum atomic E-state index is 13.1. The Hall–Kier alpha value is -1.87. The predicted octanol–water partition coefficient (Wildman–Crippen LogP) is 3.07. The molecule has 3 rings (SSSR count). The first-order chi connectivity index (χ1) is 12.9. The number of nitrogens with one attached hydrogen (secondary N) is 1. The van der Waals surface area contributed by atoms with Crippen LogP contribution in [0, 0.1) is 0 Å². The first-order valence-corrected chi connectivity index (χ1v) is 11.2. The lowest BCUT2D eigenvalue weighted by molar-refractivity contribution is 0.587. The van der Waals surface area contributed by atoms with Crippen molar-refractivity contribution < 1.29 is 8.42 Å². The molecule has 1 aromatic heterocycles. The fourth-order valence-electron chi connectivity index (χ4n) is 2.57. The summed E-state index contributed by atoms with van der Waals surface area (Å²) in [5.74, 6) is 0.526. The van der Waals surface area contributed by atoms with E-state index in [9.17, 15) is 13.2 Å². The SMILES string of the molecule is CNS(=O)(=O)CCCSc1nc2ccccc2c(=O)n1-c1cccc(Cl)c1. The van der Waals surface area contributed by atoms with E-state index in [0.717, 1.165) is 0 Å². The van der Waals surface area contributed by atoms with Crippen LogP contribution in [-0.4, -0.2) is 36.5 Å². The summed E-state index contributed by atoms with van der Waals surface area (Å²) in [7, 11) is -1.86. The Morgan fingerprint density at radius 3 is 2.70 bits per heavy atom. The van der Waals surface area contributed by atoms with E-state index >= 15 is 0 Å². The Bertz CT molecular complexity index is 1130. The minimum absolute atomic E-state index is 0.0193. The Labute approximate surface area is 166 Å². The molecule has 1 heterocycles. The summed E-state index contributed by atoms with van der Waals surface area (Å²) in [5.41, 5.74) is 1.04. The van der Waals surface area contributed by atoms with Crippen LogP contribution in [0.2, 0.25) is 5.02 Å². The molecule has 142 valence electrons. The Morgan fingerprint density at radius 2 is 1.96 bits per heavy atom. The Morgan fingerprint density at radius 1 is 1.19 bits per heavy atom. The van der Waals surface area contributed by atoms with Crippen molar-refractivity contribution in [2.45, 2.75) is 11.6 Å². The average Bonchev–Trinajstić information content (AvgIpc) is 2.65. The minimum atomic E-state index is -3.25. The highest BCUT2D eigenvalue weighted by Gasteiger charge is 2.14. The average molecular weight is 424 g/mol. The molecule has 0 atom stereocenters. The summed E-state index contributed by atoms with van der Waals surface area (Å²) in [6.07, 6.45) is 0.437. The van der Waals surface area contributed by atoms with Crippen LogP contribution in [0.15, 0.2) is 58.5 Å². The summed E-state index contributed by atoms with van der Waals surface area (Å²) in [4.78, 5) is 17.7. The molecule has 1 N–H and O–H groups in total. The molecule has 0 bridgehead atoms. The van der Waals surface area contributed by atoms with Gasteiger partial charge in [-0.25, -0.2) is 18.1 Å². The van der Waals surface area contributed by atoms with E-state index in [0.29, 0.717) is 38.9 Å². The Kier molecular flexibility index (Phi) is 6.21. The molecular formula is C18H18ClN3O3S2. The van der Waals surface area contributed by atoms with Gasteiger partial charge in [0.05, 0.1) is 22.3 Å². The van der Waals surface area contributed by atoms with Gasteiger partial charge >= 0.3 is 0 Å². The van der Waals surface area contributed by atoms with Crippen molar-refractivity contribution in [1.82, 2.24) is 14.3 Å². The van der Waals surface area contributed by atoms with E-state index in [2.05, 4.69) is 9.71 Å². The fourth-order valence-corrected chi connectivity index (χ4v) is 4.61. The number of thioether (sulfide) groups is 1. The zero-order chi connectivity index (χ0) is 19.4. The van der Waals surface area contributed by atoms with E-state index in [1.165, 1.54) is 23.4 Å². The van der Waals surface area contributed by atoms with Crippen LogP contribution in [0.1, 0.15) is 6.42 Å². The fraction of sp³-hybridized carbons (Fsp3) is 0.222. The number of nitrogens with zero attached hydrogens (tertiary/aromatic N) is 2. The lowest BCUT2D eigenvalue weighted by Crippen LogP contribution is -2.23. The van der Waals surface area contributed by atoms with Crippen molar-refractivity contribution in [1.29, 1.82) is 0 Å². The lowest BCUT2D eigenvalue weighted by atomic mass is 10.2. The van der Waals surface area contributed by atoms with Crippen molar-refractivity contribution in [2.75, 3.05) is 18.6 Å². The van der Waals surface area contributed by atoms with Gasteiger partial charge in [-0.1, -0.05) is 41.6 Å². The number of sulfonamides is 1. The van der Waals surface area contributed by atoms with E-state index in [1.54, 1.807) is 42.5 Å². The van der Waals surface area contributed by atoms with Gasteiger partial charge in [-0.15, -0.1) is 0 Å². The van der Waals surface area contributed by atoms with Gasteiger partial charge < -0.3 is 0 Å². The highest BCUT2D eigenvalue weighted by atomic mass is 35.5. The van der Waals surface area contributed by atoms with E-state index in [1.807, 2.05) is 6.07 Å². The van der Waals surface area contributed by atoms with Crippen LogP contribution >= 0.6 is 23.4 Å². The van der Waals surface area contributed by atoms with Gasteiger partial charge in [-0.3, -0.25) is 9.36 Å². The van der Waals surface area contributed by atoms with E-state index in [-0.39, 0.29) is 11.3 Å². The highest BCUT2D eigenvalue weighted by Crippen LogP contribution is 2.23. The third-order valence-corrected chi connectivity index (χ3v) is 6.62. The van der Waals surface area contributed by atoms with Crippen LogP contribution in [-0.2, 0) is 10.0 Å². The molecule has 0 unspecified atom stereocenters. The van der Waals surface area contributed by atoms with Gasteiger partial charge in [0.1, 0.15) is 0 Å². The second kappa shape index (κ2) is 8.43. The largest absolute Gasteiger partial charge is 0.268 e. The third-order valence-electron chi connectivity index (χ3n) is 3.91. The van der Waals surface area contributed by atoms with Gasteiger partial charge in [0.15, 0.2) is 5.16 Å². The monoisotopic (exact) mass is 423 g/mol. The predicted molar refractivity (Wildman–Crippen MR) is 111 cm³/mol. The summed E-state index contributed by atoms with van der Waals surface area (Å²) < 4.78 is 26.9. The molecule has 0 aliphatic heterocycles. The lowest BCUT2D eigenvalue weighted by Gasteiger charge is -2.13. The maximum Gasteiger partial charge on any atom is 0.266 e. The first kappa shape index (κ1) is 19.9. The van der Waals surface area contributed by atoms with Crippen LogP contribution in [0.25, 0.3) is 16.6 Å². The quantitative estimate of drug-likeness (QED) is 0.359. The van der Waals surface area contributed by atoms with Crippen molar-refractivity contribution >= 4 is 44.3 Å². The van der Waals surface area contributed by atoms with Crippen molar-refractivity contribution in [3.05, 3.63) is 63.9 Å². The molecule has 0 aliphatic carbocycles. The second-order valence-corrected chi connectivity index (χ2v) is 9.30. The molecule has 0 radical (unpaired) electrons. The molecule has 0 saturated carbocycles. The number of halogens is 1. The molecule has 0 amide bonds. The van der Waals surface area contributed by atoms with Gasteiger partial charge in [0, 0.05) is 10.8 Å². The minimum Gasteiger partial charge on any atom is -0.268 e. The zero-order valence-corrected chi connectivity index (χ0v) is 16.9. The van der Waals surface area contributed by atoms with Gasteiger partial charge in [-0.05, 0) is 43.8 Å². The topological polar surface area (TPSA) is 81.1 Å². The summed E-state index contributed by atoms with van der Waals surface area (Å²) in [6, 6.07) is 14.1. The van der Waals surface area contributed by atoms with Gasteiger partial charge in [-0.2, -0.15) is 0 Å². The molecular weight excluding hydrogens is 406 g/mol. The molecule has 9 heteroatoms. The summed E-state index contributed by atoms with van der Waals surface area (Å²) >= 11 is 7.44. The summed E-state index contributed by atoms with van der Waals surface area (Å²) in [6.45, 7) is 0. The van der Waals surface area contributed by atoms with Crippen LogP contribution < -0.4 is 10.3 Å². The van der Waals surface area contributed by atoms with Crippen molar-refractivity contribution in [3.8, 4) is 5.69 Å². The zero-order valence-electron chi connectivity index (χ0n) is 14.6. The number of hydrogen-bond acceptors (Lipinski definition) is 5. The number of para-hydroxylation sites is 1. The number of fused-ring (bicyclic) bond motifs is 1. The van der Waals surface area contributed by atoms with Gasteiger partial charge in [0.2, 0.25) is 10.0 Å². The molecule has 6 nitrogen and oxygen atoms in total. The number of benzene rings is 2. The van der Waals surface area contributed by atoms with Crippen LogP contribution in [0.4, 0.5) is 0 Å². The molecule has 0 aliphatic rings. The van der Waals surface area contributed by atoms with E-state index < -0.39 is 10.0 Å². The van der Waals surface area contributed by atoms with E-state index in [4.69, 9.17) is 11.6 Å². The number of rotatable bonds is 7. The number of aromatic nitrogens is 2. The van der Waals surface area contributed by atoms with Gasteiger partial charge in [0.25, 0.3) is 5.56 Å². The maximum absolute atomic E-state index is 13.1. The standard InChI is InChI=1S/C18H18ClN3O3S2/c1-20-27(24,25)11-5-10-26-18-21-16-9-3-2-8-15(16)17(23)22(18)14-7-4-6-13(19)12-14/h2-4,6-9,12,20H,5,10-11H2,1H3. The van der Waals surface area contributed by atoms with Crippen LogP contribution in [0.3, 0.4) is 0 Å². The molecule has 2 aromatic carbocycles. The molecule has 3 aromatic rings. The van der Waals surface area contributed by atoms with Crippen LogP contribution in [0.5, 0.6) is 0 Å². The Balaban J connectivity index is 2.00. The molecule has 0 saturated heterocycles. The first-order valence-electron chi connectivity index (χ1n) is 8.23. The molecule has 0 spiro atoms. The summed E-state index contributed by atoms with van der Waals surface area (Å²) in [5, 5.41) is 1.53. The molecule has 0 fully saturated rings. The normalized spacial score (nSPS) is 11.8. The third kappa shape index (κ3) is 4.70. The van der Waals surface area contributed by atoms with Crippen molar-refractivity contribution in [3.63, 3.8) is 0 Å². The molecule has 27 heavy (non-hydrogen) atoms. The highest BCUT2D eigenvalue weighted by molar-refractivity contribution is 7.99. The smallest absolute Gasteiger partial charge is 0.266 e. The second-order valence-electron chi connectivity index (χ2n) is 5.76.